The van der Waals surface area contributed by atoms with Crippen LogP contribution in [0, 0.1) is 6.92 Å². The number of amides is 3. The second kappa shape index (κ2) is 6.72. The number of benzene rings is 2. The van der Waals surface area contributed by atoms with Gasteiger partial charge in [-0.1, -0.05) is 18.2 Å². The minimum absolute atomic E-state index is 0.141. The van der Waals surface area contributed by atoms with Crippen molar-refractivity contribution in [3.05, 3.63) is 65.4 Å². The Morgan fingerprint density at radius 1 is 1.04 bits per heavy atom. The van der Waals surface area contributed by atoms with E-state index in [-0.39, 0.29) is 30.7 Å². The highest BCUT2D eigenvalue weighted by Crippen LogP contribution is 2.25. The summed E-state index contributed by atoms with van der Waals surface area (Å²) >= 11 is 0. The predicted octanol–water partition coefficient (Wildman–Crippen LogP) is 3.49. The zero-order chi connectivity index (χ0) is 19.0. The number of nitrogens with one attached hydrogen (secondary N) is 2. The van der Waals surface area contributed by atoms with Crippen molar-refractivity contribution in [1.29, 1.82) is 0 Å². The first-order valence-corrected chi connectivity index (χ1v) is 8.88. The van der Waals surface area contributed by atoms with Crippen LogP contribution in [0.1, 0.15) is 39.3 Å². The quantitative estimate of drug-likeness (QED) is 0.683. The summed E-state index contributed by atoms with van der Waals surface area (Å²) in [6, 6.07) is 14.5. The van der Waals surface area contributed by atoms with E-state index < -0.39 is 0 Å². The third-order valence-electron chi connectivity index (χ3n) is 4.74. The number of rotatable bonds is 5. The molecule has 0 saturated heterocycles. The van der Waals surface area contributed by atoms with Crippen LogP contribution in [0.25, 0.3) is 10.9 Å². The fourth-order valence-corrected chi connectivity index (χ4v) is 3.46. The van der Waals surface area contributed by atoms with Crippen molar-refractivity contribution in [3.8, 4) is 0 Å². The van der Waals surface area contributed by atoms with E-state index in [9.17, 15) is 14.4 Å². The molecule has 3 amide bonds. The molecule has 1 aliphatic rings. The molecule has 2 heterocycles. The van der Waals surface area contributed by atoms with Crippen molar-refractivity contribution in [2.45, 2.75) is 19.8 Å². The molecule has 136 valence electrons. The van der Waals surface area contributed by atoms with Crippen molar-refractivity contribution in [2.24, 2.45) is 0 Å². The van der Waals surface area contributed by atoms with E-state index >= 15 is 0 Å². The van der Waals surface area contributed by atoms with Gasteiger partial charge in [-0.2, -0.15) is 0 Å². The number of fused-ring (bicyclic) bond motifs is 2. The number of aromatic nitrogens is 1. The zero-order valence-corrected chi connectivity index (χ0v) is 14.9. The molecule has 0 atom stereocenters. The minimum Gasteiger partial charge on any atom is -0.359 e. The Labute approximate surface area is 156 Å². The highest BCUT2D eigenvalue weighted by molar-refractivity contribution is 6.21. The van der Waals surface area contributed by atoms with Crippen molar-refractivity contribution in [1.82, 2.24) is 9.88 Å². The summed E-state index contributed by atoms with van der Waals surface area (Å²) in [4.78, 5) is 41.4. The average molecular weight is 361 g/mol. The van der Waals surface area contributed by atoms with Crippen molar-refractivity contribution < 1.29 is 14.4 Å². The number of H-pyrrole nitrogens is 1. The van der Waals surface area contributed by atoms with Crippen LogP contribution in [0.15, 0.2) is 48.5 Å². The van der Waals surface area contributed by atoms with E-state index in [1.165, 1.54) is 4.90 Å². The molecule has 6 nitrogen and oxygen atoms in total. The lowest BCUT2D eigenvalue weighted by atomic mass is 10.1. The summed E-state index contributed by atoms with van der Waals surface area (Å²) in [6.07, 6.45) is 0.645. The van der Waals surface area contributed by atoms with Gasteiger partial charge in [0.2, 0.25) is 5.91 Å². The lowest BCUT2D eigenvalue weighted by molar-refractivity contribution is -0.116. The second-order valence-corrected chi connectivity index (χ2v) is 6.68. The fraction of sp³-hybridized carbons (Fsp3) is 0.190. The van der Waals surface area contributed by atoms with E-state index in [0.717, 1.165) is 22.3 Å². The monoisotopic (exact) mass is 361 g/mol. The Balaban J connectivity index is 1.36. The van der Waals surface area contributed by atoms with Crippen LogP contribution < -0.4 is 5.32 Å². The SMILES string of the molecule is Cc1cc2c(NC(=O)CCCN3C(=O)c4ccccc4C3=O)cccc2[nH]1. The highest BCUT2D eigenvalue weighted by Gasteiger charge is 2.34. The van der Waals surface area contributed by atoms with E-state index in [0.29, 0.717) is 17.5 Å². The number of aromatic amines is 1. The van der Waals surface area contributed by atoms with Crippen LogP contribution in [-0.2, 0) is 4.79 Å². The molecule has 1 aliphatic heterocycles. The Morgan fingerprint density at radius 3 is 2.44 bits per heavy atom. The van der Waals surface area contributed by atoms with Crippen LogP contribution in [-0.4, -0.2) is 34.2 Å². The van der Waals surface area contributed by atoms with E-state index in [4.69, 9.17) is 0 Å². The minimum atomic E-state index is -0.288. The number of nitrogens with zero attached hydrogens (tertiary/aromatic N) is 1. The maximum atomic E-state index is 12.3. The third-order valence-corrected chi connectivity index (χ3v) is 4.74. The highest BCUT2D eigenvalue weighted by atomic mass is 16.2. The Morgan fingerprint density at radius 2 is 1.74 bits per heavy atom. The summed E-state index contributed by atoms with van der Waals surface area (Å²) in [7, 11) is 0. The number of carbonyl (C=O) groups excluding carboxylic acids is 3. The largest absolute Gasteiger partial charge is 0.359 e. The summed E-state index contributed by atoms with van der Waals surface area (Å²) < 4.78 is 0. The molecule has 0 saturated carbocycles. The van der Waals surface area contributed by atoms with Crippen molar-refractivity contribution >= 4 is 34.3 Å². The Bertz CT molecular complexity index is 1030. The van der Waals surface area contributed by atoms with Crippen LogP contribution >= 0.6 is 0 Å². The molecule has 0 bridgehead atoms. The Hall–Kier alpha value is -3.41. The maximum Gasteiger partial charge on any atom is 0.261 e. The molecule has 4 rings (SSSR count). The fourth-order valence-electron chi connectivity index (χ4n) is 3.46. The lowest BCUT2D eigenvalue weighted by Crippen LogP contribution is -2.31. The van der Waals surface area contributed by atoms with Gasteiger partial charge in [0.25, 0.3) is 11.8 Å². The smallest absolute Gasteiger partial charge is 0.261 e. The zero-order valence-electron chi connectivity index (χ0n) is 14.9. The molecule has 2 N–H and O–H groups in total. The van der Waals surface area contributed by atoms with Crippen molar-refractivity contribution in [3.63, 3.8) is 0 Å². The summed E-state index contributed by atoms with van der Waals surface area (Å²) in [5, 5.41) is 3.88. The summed E-state index contributed by atoms with van der Waals surface area (Å²) in [5.41, 5.74) is 3.61. The standard InChI is InChI=1S/C21H19N3O3/c1-13-12-16-17(22-13)8-4-9-18(16)23-19(25)10-5-11-24-20(26)14-6-2-3-7-15(14)21(24)27/h2-4,6-9,12,22H,5,10-11H2,1H3,(H,23,25). The van der Waals surface area contributed by atoms with Gasteiger partial charge >= 0.3 is 0 Å². The third kappa shape index (κ3) is 3.10. The van der Waals surface area contributed by atoms with Gasteiger partial charge in [0.05, 0.1) is 16.8 Å². The number of imide groups is 1. The molecule has 27 heavy (non-hydrogen) atoms. The predicted molar refractivity (Wildman–Crippen MR) is 103 cm³/mol. The maximum absolute atomic E-state index is 12.3. The van der Waals surface area contributed by atoms with Crippen LogP contribution in [0.2, 0.25) is 0 Å². The van der Waals surface area contributed by atoms with E-state index in [2.05, 4.69) is 10.3 Å². The first-order chi connectivity index (χ1) is 13.0. The molecule has 3 aromatic rings. The van der Waals surface area contributed by atoms with Gasteiger partial charge in [-0.25, -0.2) is 0 Å². The van der Waals surface area contributed by atoms with Gasteiger partial charge in [0.1, 0.15) is 0 Å². The summed E-state index contributed by atoms with van der Waals surface area (Å²) in [5.74, 6) is -0.717. The van der Waals surface area contributed by atoms with Crippen molar-refractivity contribution in [2.75, 3.05) is 11.9 Å². The van der Waals surface area contributed by atoms with Gasteiger partial charge in [-0.05, 0) is 43.7 Å². The van der Waals surface area contributed by atoms with E-state index in [1.54, 1.807) is 24.3 Å². The van der Waals surface area contributed by atoms with Crippen LogP contribution in [0.4, 0.5) is 5.69 Å². The van der Waals surface area contributed by atoms with Gasteiger partial charge < -0.3 is 10.3 Å². The van der Waals surface area contributed by atoms with Gasteiger partial charge in [0, 0.05) is 29.6 Å². The molecular formula is C21H19N3O3. The second-order valence-electron chi connectivity index (χ2n) is 6.68. The molecule has 0 radical (unpaired) electrons. The molecule has 0 aliphatic carbocycles. The Kier molecular flexibility index (Phi) is 4.24. The van der Waals surface area contributed by atoms with Crippen LogP contribution in [0.3, 0.4) is 0 Å². The average Bonchev–Trinajstić information content (AvgIpc) is 3.15. The van der Waals surface area contributed by atoms with E-state index in [1.807, 2.05) is 31.2 Å². The van der Waals surface area contributed by atoms with Gasteiger partial charge in [0.15, 0.2) is 0 Å². The molecule has 0 unspecified atom stereocenters. The topological polar surface area (TPSA) is 82.3 Å². The lowest BCUT2D eigenvalue weighted by Gasteiger charge is -2.13. The molecule has 2 aromatic carbocycles. The molecule has 0 spiro atoms. The molecule has 6 heteroatoms. The summed E-state index contributed by atoms with van der Waals surface area (Å²) in [6.45, 7) is 2.20. The van der Waals surface area contributed by atoms with Gasteiger partial charge in [-0.3, -0.25) is 19.3 Å². The molecular weight excluding hydrogens is 342 g/mol. The number of hydrogen-bond acceptors (Lipinski definition) is 3. The number of anilines is 1. The number of hydrogen-bond donors (Lipinski definition) is 2. The van der Waals surface area contributed by atoms with Crippen LogP contribution in [0.5, 0.6) is 0 Å². The molecule has 1 aromatic heterocycles. The van der Waals surface area contributed by atoms with Gasteiger partial charge in [-0.15, -0.1) is 0 Å². The normalized spacial score (nSPS) is 13.3. The molecule has 0 fully saturated rings. The first-order valence-electron chi connectivity index (χ1n) is 8.88. The first kappa shape index (κ1) is 17.0. The number of carbonyl (C=O) groups is 3. The number of aryl methyl sites for hydroxylation is 1.